The Morgan fingerprint density at radius 1 is 1.30 bits per heavy atom. The minimum Gasteiger partial charge on any atom is -0.334 e. The van der Waals surface area contributed by atoms with Crippen molar-refractivity contribution in [3.63, 3.8) is 0 Å². The largest absolute Gasteiger partial charge is 0.334 e. The number of hydrogen-bond acceptors (Lipinski definition) is 2. The third-order valence-corrected chi connectivity index (χ3v) is 4.86. The van der Waals surface area contributed by atoms with Crippen molar-refractivity contribution >= 4 is 52.6 Å². The van der Waals surface area contributed by atoms with Gasteiger partial charge < -0.3 is 10.6 Å². The summed E-state index contributed by atoms with van der Waals surface area (Å²) in [6.07, 6.45) is 2.77. The van der Waals surface area contributed by atoms with Crippen molar-refractivity contribution in [2.45, 2.75) is 26.8 Å². The quantitative estimate of drug-likeness (QED) is 0.564. The average Bonchev–Trinajstić information content (AvgIpc) is 2.53. The average molecular weight is 394 g/mol. The van der Waals surface area contributed by atoms with Crippen molar-refractivity contribution in [1.82, 2.24) is 10.6 Å². The number of nitrogens with one attached hydrogen (secondary N) is 2. The summed E-state index contributed by atoms with van der Waals surface area (Å²) in [4.78, 5) is 12.0. The van der Waals surface area contributed by atoms with E-state index in [9.17, 15) is 4.79 Å². The maximum Gasteiger partial charge on any atom is 0.319 e. The van der Waals surface area contributed by atoms with Crippen molar-refractivity contribution in [2.24, 2.45) is 0 Å². The van der Waals surface area contributed by atoms with Gasteiger partial charge in [0.15, 0.2) is 0 Å². The first-order chi connectivity index (χ1) is 11.0. The molecule has 0 atom stereocenters. The van der Waals surface area contributed by atoms with E-state index in [4.69, 9.17) is 34.8 Å². The molecule has 3 nitrogen and oxygen atoms in total. The summed E-state index contributed by atoms with van der Waals surface area (Å²) in [6, 6.07) is 4.98. The Morgan fingerprint density at radius 2 is 2.04 bits per heavy atom. The molecular weight excluding hydrogens is 375 g/mol. The Labute approximate surface area is 156 Å². The van der Waals surface area contributed by atoms with Crippen LogP contribution in [0.2, 0.25) is 10.0 Å². The van der Waals surface area contributed by atoms with Gasteiger partial charge in [0.2, 0.25) is 0 Å². The van der Waals surface area contributed by atoms with Crippen molar-refractivity contribution in [1.29, 1.82) is 0 Å². The molecule has 1 aromatic carbocycles. The molecule has 0 spiro atoms. The van der Waals surface area contributed by atoms with E-state index < -0.39 is 0 Å². The van der Waals surface area contributed by atoms with Crippen LogP contribution in [0.5, 0.6) is 0 Å². The van der Waals surface area contributed by atoms with E-state index in [2.05, 4.69) is 10.6 Å². The zero-order valence-electron chi connectivity index (χ0n) is 13.0. The predicted octanol–water partition coefficient (Wildman–Crippen LogP) is 5.92. The number of carbonyl (C=O) groups is 1. The number of thioether (sulfide) groups is 1. The van der Waals surface area contributed by atoms with Gasteiger partial charge in [0.25, 0.3) is 0 Å². The van der Waals surface area contributed by atoms with E-state index in [0.29, 0.717) is 22.5 Å². The fourth-order valence-corrected chi connectivity index (χ4v) is 2.81. The van der Waals surface area contributed by atoms with Gasteiger partial charge in [-0.05, 0) is 36.4 Å². The van der Waals surface area contributed by atoms with Gasteiger partial charge in [-0.15, -0.1) is 11.6 Å². The minimum atomic E-state index is -0.278. The van der Waals surface area contributed by atoms with Gasteiger partial charge in [-0.2, -0.15) is 0 Å². The van der Waals surface area contributed by atoms with Crippen LogP contribution in [0.25, 0.3) is 0 Å². The number of carbonyl (C=O) groups excluding carboxylic acids is 1. The van der Waals surface area contributed by atoms with Gasteiger partial charge in [-0.25, -0.2) is 4.79 Å². The van der Waals surface area contributed by atoms with Crippen molar-refractivity contribution in [3.8, 4) is 0 Å². The number of alkyl halides is 1. The number of halogens is 3. The first-order valence-electron chi connectivity index (χ1n) is 7.03. The molecule has 23 heavy (non-hydrogen) atoms. The summed E-state index contributed by atoms with van der Waals surface area (Å²) in [6.45, 7) is 4.31. The van der Waals surface area contributed by atoms with Crippen LogP contribution in [0.15, 0.2) is 40.3 Å². The summed E-state index contributed by atoms with van der Waals surface area (Å²) < 4.78 is 0. The third-order valence-electron chi connectivity index (χ3n) is 2.66. The fourth-order valence-electron chi connectivity index (χ4n) is 1.50. The monoisotopic (exact) mass is 392 g/mol. The fraction of sp³-hybridized carbons (Fsp3) is 0.312. The Morgan fingerprint density at radius 3 is 2.65 bits per heavy atom. The number of urea groups is 1. The zero-order chi connectivity index (χ0) is 17.2. The second-order valence-electron chi connectivity index (χ2n) is 4.75. The molecule has 0 aliphatic carbocycles. The topological polar surface area (TPSA) is 41.1 Å². The Balaban J connectivity index is 2.55. The SMILES string of the molecule is CC/C=C(\NC(=O)NCc1ccc(Cl)c(Cl)c1)S/C=C(\C)CCl. The second kappa shape index (κ2) is 10.9. The van der Waals surface area contributed by atoms with Gasteiger partial charge in [-0.3, -0.25) is 0 Å². The van der Waals surface area contributed by atoms with Crippen LogP contribution in [0, 0.1) is 0 Å². The highest BCUT2D eigenvalue weighted by Gasteiger charge is 2.05. The molecule has 0 bridgehead atoms. The number of hydrogen-bond donors (Lipinski definition) is 2. The van der Waals surface area contributed by atoms with Crippen LogP contribution < -0.4 is 10.6 Å². The number of rotatable bonds is 7. The molecule has 0 unspecified atom stereocenters. The Kier molecular flexibility index (Phi) is 9.56. The van der Waals surface area contributed by atoms with Crippen LogP contribution in [-0.2, 0) is 6.54 Å². The summed E-state index contributed by atoms with van der Waals surface area (Å²) in [5, 5.41) is 9.26. The van der Waals surface area contributed by atoms with Gasteiger partial charge in [-0.1, -0.05) is 59.6 Å². The van der Waals surface area contributed by atoms with Gasteiger partial charge >= 0.3 is 6.03 Å². The standard InChI is InChI=1S/C16H19Cl3N2OS/c1-3-4-15(23-10-11(2)8-17)21-16(22)20-9-12-5-6-13(18)14(19)7-12/h4-7,10H,3,8-9H2,1-2H3,(H2,20,21,22)/b11-10+,15-4+. The first-order valence-corrected chi connectivity index (χ1v) is 9.20. The van der Waals surface area contributed by atoms with Gasteiger partial charge in [0.1, 0.15) is 0 Å². The smallest absolute Gasteiger partial charge is 0.319 e. The van der Waals surface area contributed by atoms with Gasteiger partial charge in [0, 0.05) is 12.4 Å². The normalized spacial score (nSPS) is 12.2. The Bertz CT molecular complexity index is 603. The molecule has 0 heterocycles. The molecule has 126 valence electrons. The molecular formula is C16H19Cl3N2OS. The summed E-state index contributed by atoms with van der Waals surface area (Å²) >= 11 is 19.0. The number of benzene rings is 1. The molecule has 1 rings (SSSR count). The van der Waals surface area contributed by atoms with E-state index in [1.807, 2.05) is 31.4 Å². The number of allylic oxidation sites excluding steroid dienone is 2. The van der Waals surface area contributed by atoms with E-state index in [0.717, 1.165) is 22.6 Å². The van der Waals surface area contributed by atoms with Crippen molar-refractivity contribution < 1.29 is 4.79 Å². The van der Waals surface area contributed by atoms with E-state index in [-0.39, 0.29) is 6.03 Å². The molecule has 7 heteroatoms. The van der Waals surface area contributed by atoms with E-state index in [1.54, 1.807) is 12.1 Å². The zero-order valence-corrected chi connectivity index (χ0v) is 16.0. The van der Waals surface area contributed by atoms with Crippen molar-refractivity contribution in [3.05, 3.63) is 55.9 Å². The number of amides is 2. The van der Waals surface area contributed by atoms with E-state index in [1.165, 1.54) is 11.8 Å². The molecule has 0 saturated heterocycles. The third kappa shape index (κ3) is 8.02. The molecule has 0 aliphatic heterocycles. The van der Waals surface area contributed by atoms with Crippen LogP contribution in [-0.4, -0.2) is 11.9 Å². The van der Waals surface area contributed by atoms with E-state index >= 15 is 0 Å². The highest BCUT2D eigenvalue weighted by Crippen LogP contribution is 2.22. The predicted molar refractivity (Wildman–Crippen MR) is 102 cm³/mol. The highest BCUT2D eigenvalue weighted by molar-refractivity contribution is 8.05. The molecule has 2 N–H and O–H groups in total. The maximum atomic E-state index is 12.0. The summed E-state index contributed by atoms with van der Waals surface area (Å²) in [5.74, 6) is 0.468. The minimum absolute atomic E-state index is 0.278. The van der Waals surface area contributed by atoms with Crippen LogP contribution >= 0.6 is 46.6 Å². The molecule has 0 aromatic heterocycles. The Hall–Kier alpha value is -0.810. The van der Waals surface area contributed by atoms with Crippen molar-refractivity contribution in [2.75, 3.05) is 5.88 Å². The molecule has 0 saturated carbocycles. The maximum absolute atomic E-state index is 12.0. The lowest BCUT2D eigenvalue weighted by Gasteiger charge is -2.10. The first kappa shape index (κ1) is 20.2. The molecule has 0 radical (unpaired) electrons. The lowest BCUT2D eigenvalue weighted by molar-refractivity contribution is 0.243. The summed E-state index contributed by atoms with van der Waals surface area (Å²) in [7, 11) is 0. The summed E-state index contributed by atoms with van der Waals surface area (Å²) in [5.41, 5.74) is 1.91. The lowest BCUT2D eigenvalue weighted by atomic mass is 10.2. The van der Waals surface area contributed by atoms with Crippen LogP contribution in [0.1, 0.15) is 25.8 Å². The second-order valence-corrected chi connectivity index (χ2v) is 6.74. The molecule has 1 aromatic rings. The molecule has 0 fully saturated rings. The highest BCUT2D eigenvalue weighted by atomic mass is 35.5. The van der Waals surface area contributed by atoms with Crippen LogP contribution in [0.3, 0.4) is 0 Å². The van der Waals surface area contributed by atoms with Gasteiger partial charge in [0.05, 0.1) is 15.1 Å². The molecule has 0 aliphatic rings. The molecule has 2 amide bonds. The lowest BCUT2D eigenvalue weighted by Crippen LogP contribution is -2.33. The van der Waals surface area contributed by atoms with Crippen LogP contribution in [0.4, 0.5) is 4.79 Å².